The molecule has 0 aliphatic rings. The number of carboxylic acids is 1. The van der Waals surface area contributed by atoms with E-state index in [1.807, 2.05) is 6.92 Å². The van der Waals surface area contributed by atoms with Gasteiger partial charge in [-0.1, -0.05) is 0 Å². The predicted octanol–water partition coefficient (Wildman–Crippen LogP) is 0.556. The Kier molecular flexibility index (Phi) is 6.48. The van der Waals surface area contributed by atoms with Gasteiger partial charge in [-0.25, -0.2) is 4.79 Å². The number of hydrogen-bond donors (Lipinski definition) is 3. The molecule has 0 bridgehead atoms. The van der Waals surface area contributed by atoms with E-state index in [1.54, 1.807) is 18.1 Å². The number of aromatic carboxylic acids is 1. The molecule has 0 fully saturated rings. The van der Waals surface area contributed by atoms with Crippen molar-refractivity contribution < 1.29 is 19.4 Å². The fraction of sp³-hybridized carbons (Fsp3) is 0.429. The smallest absolute Gasteiger partial charge is 0.335 e. The SMILES string of the molecule is CCN(CC(=O)NCCOC)c1ccc(C(=O)O)cc1N. The zero-order valence-corrected chi connectivity index (χ0v) is 12.3. The molecule has 0 heterocycles. The van der Waals surface area contributed by atoms with Gasteiger partial charge in [0.15, 0.2) is 0 Å². The number of methoxy groups -OCH3 is 1. The fourth-order valence-electron chi connectivity index (χ4n) is 1.86. The number of carbonyl (C=O) groups excluding carboxylic acids is 1. The van der Waals surface area contributed by atoms with E-state index in [9.17, 15) is 9.59 Å². The van der Waals surface area contributed by atoms with Gasteiger partial charge in [0, 0.05) is 20.2 Å². The summed E-state index contributed by atoms with van der Waals surface area (Å²) in [5.41, 5.74) is 6.98. The van der Waals surface area contributed by atoms with Crippen molar-refractivity contribution in [3.8, 4) is 0 Å². The lowest BCUT2D eigenvalue weighted by Crippen LogP contribution is -2.38. The van der Waals surface area contributed by atoms with E-state index in [1.165, 1.54) is 12.1 Å². The first-order chi connectivity index (χ1) is 9.99. The number of benzene rings is 1. The van der Waals surface area contributed by atoms with Crippen LogP contribution in [0, 0.1) is 0 Å². The summed E-state index contributed by atoms with van der Waals surface area (Å²) in [6.07, 6.45) is 0. The zero-order chi connectivity index (χ0) is 15.8. The van der Waals surface area contributed by atoms with Gasteiger partial charge >= 0.3 is 5.97 Å². The van der Waals surface area contributed by atoms with Crippen molar-refractivity contribution in [1.29, 1.82) is 0 Å². The minimum Gasteiger partial charge on any atom is -0.478 e. The second-order valence-electron chi connectivity index (χ2n) is 4.44. The van der Waals surface area contributed by atoms with Crippen LogP contribution in [0.1, 0.15) is 17.3 Å². The quantitative estimate of drug-likeness (QED) is 0.478. The number of nitrogens with zero attached hydrogens (tertiary/aromatic N) is 1. The maximum Gasteiger partial charge on any atom is 0.335 e. The molecule has 0 aromatic heterocycles. The Morgan fingerprint density at radius 1 is 1.43 bits per heavy atom. The Bertz CT molecular complexity index is 505. The lowest BCUT2D eigenvalue weighted by atomic mass is 10.1. The summed E-state index contributed by atoms with van der Waals surface area (Å²) in [7, 11) is 1.56. The van der Waals surface area contributed by atoms with E-state index in [4.69, 9.17) is 15.6 Å². The topological polar surface area (TPSA) is 105 Å². The molecule has 0 unspecified atom stereocenters. The van der Waals surface area contributed by atoms with Gasteiger partial charge in [-0.15, -0.1) is 0 Å². The molecule has 0 radical (unpaired) electrons. The van der Waals surface area contributed by atoms with Crippen molar-refractivity contribution in [2.24, 2.45) is 0 Å². The fourth-order valence-corrected chi connectivity index (χ4v) is 1.86. The average molecular weight is 295 g/mol. The van der Waals surface area contributed by atoms with E-state index >= 15 is 0 Å². The van der Waals surface area contributed by atoms with Crippen LogP contribution in [-0.4, -0.2) is 50.3 Å². The number of ether oxygens (including phenoxy) is 1. The Balaban J connectivity index is 2.76. The lowest BCUT2D eigenvalue weighted by Gasteiger charge is -2.24. The first kappa shape index (κ1) is 16.8. The molecular weight excluding hydrogens is 274 g/mol. The van der Waals surface area contributed by atoms with Crippen molar-refractivity contribution in [3.05, 3.63) is 23.8 Å². The third-order valence-electron chi connectivity index (χ3n) is 2.96. The summed E-state index contributed by atoms with van der Waals surface area (Å²) in [5, 5.41) is 11.6. The summed E-state index contributed by atoms with van der Waals surface area (Å²) < 4.78 is 4.86. The predicted molar refractivity (Wildman–Crippen MR) is 80.6 cm³/mol. The molecule has 7 heteroatoms. The molecule has 7 nitrogen and oxygen atoms in total. The number of likely N-dealkylation sites (N-methyl/N-ethyl adjacent to an activating group) is 1. The zero-order valence-electron chi connectivity index (χ0n) is 12.3. The molecule has 1 aromatic carbocycles. The number of carboxylic acid groups (broad SMARTS) is 1. The molecule has 0 aliphatic carbocycles. The standard InChI is InChI=1S/C14H21N3O4/c1-3-17(9-13(18)16-6-7-21-2)12-5-4-10(14(19)20)8-11(12)15/h4-5,8H,3,6-7,9,15H2,1-2H3,(H,16,18)(H,19,20). The van der Waals surface area contributed by atoms with Gasteiger partial charge in [0.25, 0.3) is 0 Å². The number of rotatable bonds is 8. The van der Waals surface area contributed by atoms with Gasteiger partial charge in [-0.05, 0) is 25.1 Å². The van der Waals surface area contributed by atoms with Crippen molar-refractivity contribution in [3.63, 3.8) is 0 Å². The van der Waals surface area contributed by atoms with Crippen LogP contribution >= 0.6 is 0 Å². The average Bonchev–Trinajstić information content (AvgIpc) is 2.45. The highest BCUT2D eigenvalue weighted by Crippen LogP contribution is 2.24. The van der Waals surface area contributed by atoms with E-state index in [2.05, 4.69) is 5.32 Å². The highest BCUT2D eigenvalue weighted by molar-refractivity contribution is 5.91. The Labute approximate surface area is 123 Å². The van der Waals surface area contributed by atoms with Crippen molar-refractivity contribution >= 4 is 23.3 Å². The highest BCUT2D eigenvalue weighted by atomic mass is 16.5. The van der Waals surface area contributed by atoms with E-state index in [-0.39, 0.29) is 18.0 Å². The minimum atomic E-state index is -1.03. The second kappa shape index (κ2) is 8.11. The molecule has 116 valence electrons. The van der Waals surface area contributed by atoms with Gasteiger partial charge in [0.05, 0.1) is 30.1 Å². The van der Waals surface area contributed by atoms with Crippen molar-refractivity contribution in [2.45, 2.75) is 6.92 Å². The maximum atomic E-state index is 11.8. The number of anilines is 2. The second-order valence-corrected chi connectivity index (χ2v) is 4.44. The van der Waals surface area contributed by atoms with Crippen LogP contribution in [0.3, 0.4) is 0 Å². The van der Waals surface area contributed by atoms with Crippen LogP contribution in [0.5, 0.6) is 0 Å². The highest BCUT2D eigenvalue weighted by Gasteiger charge is 2.14. The van der Waals surface area contributed by atoms with E-state index in [0.29, 0.717) is 31.1 Å². The summed E-state index contributed by atoms with van der Waals surface area (Å²) in [5.74, 6) is -1.18. The number of nitrogen functional groups attached to an aromatic ring is 1. The third kappa shape index (κ3) is 4.96. The van der Waals surface area contributed by atoms with Gasteiger partial charge in [0.1, 0.15) is 0 Å². The van der Waals surface area contributed by atoms with Crippen molar-refractivity contribution in [2.75, 3.05) is 44.0 Å². The van der Waals surface area contributed by atoms with Crippen LogP contribution in [0.2, 0.25) is 0 Å². The first-order valence-corrected chi connectivity index (χ1v) is 6.63. The summed E-state index contributed by atoms with van der Waals surface area (Å²) in [6, 6.07) is 4.48. The van der Waals surface area contributed by atoms with Crippen LogP contribution in [0.4, 0.5) is 11.4 Å². The molecule has 1 amide bonds. The number of nitrogens with one attached hydrogen (secondary N) is 1. The molecule has 0 aliphatic heterocycles. The summed E-state index contributed by atoms with van der Waals surface area (Å²) >= 11 is 0. The monoisotopic (exact) mass is 295 g/mol. The maximum absolute atomic E-state index is 11.8. The number of amides is 1. The number of hydrogen-bond acceptors (Lipinski definition) is 5. The first-order valence-electron chi connectivity index (χ1n) is 6.63. The largest absolute Gasteiger partial charge is 0.478 e. The van der Waals surface area contributed by atoms with E-state index in [0.717, 1.165) is 0 Å². The molecule has 1 rings (SSSR count). The molecule has 0 atom stereocenters. The molecule has 0 spiro atoms. The van der Waals surface area contributed by atoms with Gasteiger partial charge in [-0.2, -0.15) is 0 Å². The van der Waals surface area contributed by atoms with Crippen LogP contribution < -0.4 is 16.0 Å². The Hall–Kier alpha value is -2.28. The molecule has 4 N–H and O–H groups in total. The van der Waals surface area contributed by atoms with Gasteiger partial charge in [0.2, 0.25) is 5.91 Å². The summed E-state index contributed by atoms with van der Waals surface area (Å²) in [4.78, 5) is 24.5. The number of carbonyl (C=O) groups is 2. The molecule has 1 aromatic rings. The normalized spacial score (nSPS) is 10.2. The third-order valence-corrected chi connectivity index (χ3v) is 2.96. The molecule has 21 heavy (non-hydrogen) atoms. The van der Waals surface area contributed by atoms with Crippen LogP contribution in [0.25, 0.3) is 0 Å². The van der Waals surface area contributed by atoms with Gasteiger partial charge < -0.3 is 25.8 Å². The van der Waals surface area contributed by atoms with E-state index < -0.39 is 5.97 Å². The molecule has 0 saturated carbocycles. The van der Waals surface area contributed by atoms with Crippen LogP contribution in [-0.2, 0) is 9.53 Å². The van der Waals surface area contributed by atoms with Crippen LogP contribution in [0.15, 0.2) is 18.2 Å². The molecule has 0 saturated heterocycles. The van der Waals surface area contributed by atoms with Crippen molar-refractivity contribution in [1.82, 2.24) is 5.32 Å². The Morgan fingerprint density at radius 3 is 2.67 bits per heavy atom. The lowest BCUT2D eigenvalue weighted by molar-refractivity contribution is -0.119. The Morgan fingerprint density at radius 2 is 2.14 bits per heavy atom. The summed E-state index contributed by atoms with van der Waals surface area (Å²) in [6.45, 7) is 3.52. The van der Waals surface area contributed by atoms with Gasteiger partial charge in [-0.3, -0.25) is 4.79 Å². The number of nitrogens with two attached hydrogens (primary N) is 1. The minimum absolute atomic E-state index is 0.122. The molecular formula is C14H21N3O4.